The van der Waals surface area contributed by atoms with Crippen molar-refractivity contribution in [2.45, 2.75) is 26.4 Å². The van der Waals surface area contributed by atoms with E-state index in [4.69, 9.17) is 0 Å². The summed E-state index contributed by atoms with van der Waals surface area (Å²) in [4.78, 5) is 13.1. The lowest BCUT2D eigenvalue weighted by Gasteiger charge is -2.36. The summed E-state index contributed by atoms with van der Waals surface area (Å²) < 4.78 is 0. The van der Waals surface area contributed by atoms with E-state index >= 15 is 0 Å². The Labute approximate surface area is 115 Å². The molecule has 0 radical (unpaired) electrons. The van der Waals surface area contributed by atoms with Crippen molar-refractivity contribution in [2.75, 3.05) is 37.6 Å². The van der Waals surface area contributed by atoms with Crippen LogP contribution in [0, 0.1) is 5.92 Å². The Balaban J connectivity index is 1.80. The third-order valence-corrected chi connectivity index (χ3v) is 3.95. The number of hydrogen-bond acceptors (Lipinski definition) is 5. The first-order valence-electron chi connectivity index (χ1n) is 7.13. The van der Waals surface area contributed by atoms with Gasteiger partial charge in [0.2, 0.25) is 5.95 Å². The molecule has 19 heavy (non-hydrogen) atoms. The number of β-amino-alcohol motifs (C(OH)–C–C–N with tert-alkyl or cyclic N) is 1. The molecule has 1 N–H and O–H groups in total. The standard InChI is InChI=1S/C14H24N4O/c1-3-12(2)13(19)11-17-7-9-18(10-8-17)14-15-5-4-6-16-14/h4-6,12-13,19H,3,7-11H2,1-2H3. The molecule has 2 unspecified atom stereocenters. The Morgan fingerprint density at radius 2 is 1.84 bits per heavy atom. The van der Waals surface area contributed by atoms with Gasteiger partial charge >= 0.3 is 0 Å². The molecule has 1 aliphatic rings. The Bertz CT molecular complexity index is 365. The van der Waals surface area contributed by atoms with Gasteiger partial charge in [0.1, 0.15) is 0 Å². The van der Waals surface area contributed by atoms with Gasteiger partial charge in [0.25, 0.3) is 0 Å². The molecule has 0 amide bonds. The minimum atomic E-state index is -0.218. The number of nitrogens with zero attached hydrogens (tertiary/aromatic N) is 4. The highest BCUT2D eigenvalue weighted by Gasteiger charge is 2.22. The van der Waals surface area contributed by atoms with Crippen LogP contribution in [0.15, 0.2) is 18.5 Å². The minimum Gasteiger partial charge on any atom is -0.392 e. The summed E-state index contributed by atoms with van der Waals surface area (Å²) >= 11 is 0. The third-order valence-electron chi connectivity index (χ3n) is 3.95. The molecule has 0 bridgehead atoms. The van der Waals surface area contributed by atoms with Crippen LogP contribution >= 0.6 is 0 Å². The molecule has 1 aromatic heterocycles. The first-order valence-corrected chi connectivity index (χ1v) is 7.13. The van der Waals surface area contributed by atoms with Crippen LogP contribution in [-0.2, 0) is 0 Å². The summed E-state index contributed by atoms with van der Waals surface area (Å²) in [6.07, 6.45) is 4.37. The number of aliphatic hydroxyl groups is 1. The van der Waals surface area contributed by atoms with Crippen molar-refractivity contribution in [1.82, 2.24) is 14.9 Å². The summed E-state index contributed by atoms with van der Waals surface area (Å²) in [5.41, 5.74) is 0. The van der Waals surface area contributed by atoms with Crippen molar-refractivity contribution in [3.05, 3.63) is 18.5 Å². The predicted octanol–water partition coefficient (Wildman–Crippen LogP) is 1.01. The van der Waals surface area contributed by atoms with Gasteiger partial charge in [0.15, 0.2) is 0 Å². The molecule has 5 heteroatoms. The van der Waals surface area contributed by atoms with Crippen molar-refractivity contribution in [1.29, 1.82) is 0 Å². The second kappa shape index (κ2) is 6.82. The van der Waals surface area contributed by atoms with Gasteiger partial charge in [-0.05, 0) is 12.0 Å². The molecule has 1 saturated heterocycles. The fraction of sp³-hybridized carbons (Fsp3) is 0.714. The largest absolute Gasteiger partial charge is 0.392 e. The molecular weight excluding hydrogens is 240 g/mol. The van der Waals surface area contributed by atoms with Crippen LogP contribution in [0.2, 0.25) is 0 Å². The lowest BCUT2D eigenvalue weighted by Crippen LogP contribution is -2.49. The molecule has 1 aromatic rings. The van der Waals surface area contributed by atoms with E-state index in [9.17, 15) is 5.11 Å². The van der Waals surface area contributed by atoms with Crippen LogP contribution in [0.1, 0.15) is 20.3 Å². The van der Waals surface area contributed by atoms with Gasteiger partial charge in [0.05, 0.1) is 6.10 Å². The van der Waals surface area contributed by atoms with E-state index in [2.05, 4.69) is 33.6 Å². The van der Waals surface area contributed by atoms with Gasteiger partial charge in [-0.3, -0.25) is 4.90 Å². The molecule has 1 fully saturated rings. The fourth-order valence-electron chi connectivity index (χ4n) is 2.30. The normalized spacial score (nSPS) is 20.3. The molecule has 0 aliphatic carbocycles. The molecule has 2 heterocycles. The molecule has 2 rings (SSSR count). The van der Waals surface area contributed by atoms with E-state index in [1.165, 1.54) is 0 Å². The lowest BCUT2D eigenvalue weighted by atomic mass is 10.0. The van der Waals surface area contributed by atoms with Crippen molar-refractivity contribution >= 4 is 5.95 Å². The second-order valence-electron chi connectivity index (χ2n) is 5.29. The van der Waals surface area contributed by atoms with Gasteiger partial charge in [-0.2, -0.15) is 0 Å². The minimum absolute atomic E-state index is 0.218. The second-order valence-corrected chi connectivity index (χ2v) is 5.29. The summed E-state index contributed by atoms with van der Waals surface area (Å²) in [6.45, 7) is 8.79. The van der Waals surface area contributed by atoms with Gasteiger partial charge in [-0.1, -0.05) is 20.3 Å². The highest BCUT2D eigenvalue weighted by Crippen LogP contribution is 2.13. The lowest BCUT2D eigenvalue weighted by molar-refractivity contribution is 0.0662. The Morgan fingerprint density at radius 1 is 1.21 bits per heavy atom. The van der Waals surface area contributed by atoms with Crippen molar-refractivity contribution in [2.24, 2.45) is 5.92 Å². The molecule has 0 aromatic carbocycles. The Morgan fingerprint density at radius 3 is 2.42 bits per heavy atom. The van der Waals surface area contributed by atoms with E-state index < -0.39 is 0 Å². The Hall–Kier alpha value is -1.20. The number of rotatable bonds is 5. The highest BCUT2D eigenvalue weighted by atomic mass is 16.3. The third kappa shape index (κ3) is 3.88. The van der Waals surface area contributed by atoms with Crippen molar-refractivity contribution in [3.63, 3.8) is 0 Å². The first kappa shape index (κ1) is 14.2. The van der Waals surface area contributed by atoms with Gasteiger partial charge in [0, 0.05) is 45.1 Å². The summed E-state index contributed by atoms with van der Waals surface area (Å²) in [7, 11) is 0. The number of aliphatic hydroxyl groups excluding tert-OH is 1. The predicted molar refractivity (Wildman–Crippen MR) is 76.1 cm³/mol. The number of hydrogen-bond donors (Lipinski definition) is 1. The fourth-order valence-corrected chi connectivity index (χ4v) is 2.30. The zero-order chi connectivity index (χ0) is 13.7. The maximum Gasteiger partial charge on any atom is 0.225 e. The smallest absolute Gasteiger partial charge is 0.225 e. The molecular formula is C14H24N4O. The number of aromatic nitrogens is 2. The summed E-state index contributed by atoms with van der Waals surface area (Å²) in [5, 5.41) is 10.1. The SMILES string of the molecule is CCC(C)C(O)CN1CCN(c2ncccn2)CC1. The molecule has 106 valence electrons. The van der Waals surface area contributed by atoms with Crippen LogP contribution in [0.3, 0.4) is 0 Å². The maximum atomic E-state index is 10.1. The monoisotopic (exact) mass is 264 g/mol. The van der Waals surface area contributed by atoms with Gasteiger partial charge in [-0.25, -0.2) is 9.97 Å². The summed E-state index contributed by atoms with van der Waals surface area (Å²) in [6, 6.07) is 1.84. The van der Waals surface area contributed by atoms with Gasteiger partial charge in [-0.15, -0.1) is 0 Å². The van der Waals surface area contributed by atoms with Crippen molar-refractivity contribution < 1.29 is 5.11 Å². The van der Waals surface area contributed by atoms with Crippen LogP contribution < -0.4 is 4.90 Å². The molecule has 5 nitrogen and oxygen atoms in total. The topological polar surface area (TPSA) is 52.5 Å². The van der Waals surface area contributed by atoms with Gasteiger partial charge < -0.3 is 10.0 Å². The van der Waals surface area contributed by atoms with E-state index in [-0.39, 0.29) is 6.10 Å². The maximum absolute atomic E-state index is 10.1. The van der Waals surface area contributed by atoms with Crippen LogP contribution in [0.4, 0.5) is 5.95 Å². The number of piperazine rings is 1. The summed E-state index contributed by atoms with van der Waals surface area (Å²) in [5.74, 6) is 1.18. The van der Waals surface area contributed by atoms with Crippen LogP contribution in [0.5, 0.6) is 0 Å². The quantitative estimate of drug-likeness (QED) is 0.860. The van der Waals surface area contributed by atoms with E-state index in [0.29, 0.717) is 5.92 Å². The van der Waals surface area contributed by atoms with Crippen molar-refractivity contribution in [3.8, 4) is 0 Å². The molecule has 2 atom stereocenters. The average molecular weight is 264 g/mol. The number of anilines is 1. The first-order chi connectivity index (χ1) is 9.20. The van der Waals surface area contributed by atoms with Crippen LogP contribution in [-0.4, -0.2) is 58.8 Å². The van der Waals surface area contributed by atoms with Crippen LogP contribution in [0.25, 0.3) is 0 Å². The molecule has 0 spiro atoms. The zero-order valence-electron chi connectivity index (χ0n) is 11.9. The van der Waals surface area contributed by atoms with E-state index in [0.717, 1.165) is 45.1 Å². The van der Waals surface area contributed by atoms with E-state index in [1.807, 2.05) is 6.07 Å². The molecule has 1 aliphatic heterocycles. The van der Waals surface area contributed by atoms with E-state index in [1.54, 1.807) is 12.4 Å². The molecule has 0 saturated carbocycles. The zero-order valence-corrected chi connectivity index (χ0v) is 11.9. The highest BCUT2D eigenvalue weighted by molar-refractivity contribution is 5.29. The average Bonchev–Trinajstić information content (AvgIpc) is 2.48. The Kier molecular flexibility index (Phi) is 5.10.